The summed E-state index contributed by atoms with van der Waals surface area (Å²) in [6, 6.07) is 0. The van der Waals surface area contributed by atoms with Gasteiger partial charge in [-0.05, 0) is 19.3 Å². The second kappa shape index (κ2) is 2.96. The Bertz CT molecular complexity index is 94.6. The Morgan fingerprint density at radius 2 is 2.12 bits per heavy atom. The van der Waals surface area contributed by atoms with E-state index < -0.39 is 0 Å². The molecule has 0 aromatic carbocycles. The Labute approximate surface area is 52.4 Å². The molecule has 8 heavy (non-hydrogen) atoms. The van der Waals surface area contributed by atoms with Gasteiger partial charge >= 0.3 is 0 Å². The van der Waals surface area contributed by atoms with Crippen LogP contribution >= 0.6 is 0 Å². The fourth-order valence-electron chi connectivity index (χ4n) is 1.04. The van der Waals surface area contributed by atoms with Gasteiger partial charge in [0.2, 0.25) is 0 Å². The number of hydrogen-bond donors (Lipinski definition) is 0. The smallest absolute Gasteiger partial charge is 0.107 e. The maximum Gasteiger partial charge on any atom is 0.107 e. The molecule has 0 amide bonds. The van der Waals surface area contributed by atoms with E-state index in [0.717, 1.165) is 11.9 Å². The van der Waals surface area contributed by atoms with Crippen LogP contribution in [0.2, 0.25) is 0 Å². The third-order valence-corrected chi connectivity index (χ3v) is 1.58. The highest BCUT2D eigenvalue weighted by molar-refractivity contribution is 6.21. The summed E-state index contributed by atoms with van der Waals surface area (Å²) < 4.78 is 0. The van der Waals surface area contributed by atoms with E-state index in [1.807, 2.05) is 0 Å². The number of allylic oxidation sites excluding steroid dienone is 2. The van der Waals surface area contributed by atoms with Crippen LogP contribution < -0.4 is 0 Å². The molecule has 0 fully saturated rings. The van der Waals surface area contributed by atoms with Crippen molar-refractivity contribution in [1.29, 1.82) is 0 Å². The largest absolute Gasteiger partial charge is 0.122 e. The molecule has 0 saturated heterocycles. The van der Waals surface area contributed by atoms with E-state index in [9.17, 15) is 0 Å². The van der Waals surface area contributed by atoms with Crippen molar-refractivity contribution in [3.8, 4) is 0 Å². The van der Waals surface area contributed by atoms with Crippen molar-refractivity contribution < 1.29 is 0 Å². The van der Waals surface area contributed by atoms with Crippen LogP contribution in [0.4, 0.5) is 0 Å². The average molecular weight is 106 g/mol. The van der Waals surface area contributed by atoms with Crippen LogP contribution in [0.25, 0.3) is 0 Å². The molecule has 42 valence electrons. The van der Waals surface area contributed by atoms with E-state index >= 15 is 0 Å². The Morgan fingerprint density at radius 3 is 3.00 bits per heavy atom. The molecule has 2 radical (unpaired) electrons. The molecule has 0 aromatic heterocycles. The van der Waals surface area contributed by atoms with Crippen molar-refractivity contribution in [2.75, 3.05) is 0 Å². The fraction of sp³-hybridized carbons (Fsp3) is 0.714. The van der Waals surface area contributed by atoms with Gasteiger partial charge in [-0.25, -0.2) is 0 Å². The zero-order chi connectivity index (χ0) is 5.82. The van der Waals surface area contributed by atoms with Crippen molar-refractivity contribution >= 4 is 7.85 Å². The van der Waals surface area contributed by atoms with Gasteiger partial charge in [-0.2, -0.15) is 0 Å². The van der Waals surface area contributed by atoms with Gasteiger partial charge in [0.15, 0.2) is 0 Å². The molecule has 0 heterocycles. The van der Waals surface area contributed by atoms with Gasteiger partial charge in [0.05, 0.1) is 0 Å². The molecule has 0 N–H and O–H groups in total. The molecular weight excluding hydrogens is 94.9 g/mol. The Hall–Kier alpha value is -0.195. The van der Waals surface area contributed by atoms with E-state index in [-0.39, 0.29) is 0 Å². The van der Waals surface area contributed by atoms with E-state index in [1.54, 1.807) is 0 Å². The van der Waals surface area contributed by atoms with E-state index in [1.165, 1.54) is 25.7 Å². The molecule has 0 bridgehead atoms. The molecule has 1 heteroatoms. The summed E-state index contributed by atoms with van der Waals surface area (Å²) in [5.41, 5.74) is 1.10. The predicted octanol–water partition coefficient (Wildman–Crippen LogP) is 2.00. The van der Waals surface area contributed by atoms with E-state index in [2.05, 4.69) is 6.08 Å². The lowest BCUT2D eigenvalue weighted by atomic mass is 9.91. The Morgan fingerprint density at radius 1 is 1.25 bits per heavy atom. The molecule has 0 nitrogen and oxygen atoms in total. The van der Waals surface area contributed by atoms with E-state index in [0.29, 0.717) is 0 Å². The maximum absolute atomic E-state index is 5.60. The van der Waals surface area contributed by atoms with Crippen LogP contribution in [-0.4, -0.2) is 7.85 Å². The van der Waals surface area contributed by atoms with Crippen LogP contribution in [0.3, 0.4) is 0 Å². The third kappa shape index (κ3) is 1.73. The molecule has 0 atom stereocenters. The van der Waals surface area contributed by atoms with Gasteiger partial charge in [0.25, 0.3) is 0 Å². The van der Waals surface area contributed by atoms with Gasteiger partial charge < -0.3 is 0 Å². The summed E-state index contributed by atoms with van der Waals surface area (Å²) in [4.78, 5) is 0. The molecular formula is C7H11B. The first kappa shape index (κ1) is 5.93. The quantitative estimate of drug-likeness (QED) is 0.414. The Balaban J connectivity index is 2.36. The van der Waals surface area contributed by atoms with Crippen molar-refractivity contribution in [2.24, 2.45) is 0 Å². The lowest BCUT2D eigenvalue weighted by Gasteiger charge is -1.92. The summed E-state index contributed by atoms with van der Waals surface area (Å²) in [5, 5.41) is 0. The van der Waals surface area contributed by atoms with Gasteiger partial charge in [0, 0.05) is 0 Å². The minimum Gasteiger partial charge on any atom is -0.122 e. The van der Waals surface area contributed by atoms with Gasteiger partial charge in [-0.1, -0.05) is 18.9 Å². The summed E-state index contributed by atoms with van der Waals surface area (Å²) >= 11 is 0. The summed E-state index contributed by atoms with van der Waals surface area (Å²) in [7, 11) is 5.60. The van der Waals surface area contributed by atoms with Crippen molar-refractivity contribution in [2.45, 2.75) is 32.1 Å². The topological polar surface area (TPSA) is 0 Å². The van der Waals surface area contributed by atoms with Gasteiger partial charge in [-0.15, -0.1) is 5.47 Å². The lowest BCUT2D eigenvalue weighted by molar-refractivity contribution is 0.716. The predicted molar refractivity (Wildman–Crippen MR) is 36.9 cm³/mol. The highest BCUT2D eigenvalue weighted by Gasteiger charge is 1.95. The molecule has 0 saturated carbocycles. The summed E-state index contributed by atoms with van der Waals surface area (Å²) in [5.74, 6) is 0. The van der Waals surface area contributed by atoms with Crippen LogP contribution in [0, 0.1) is 0 Å². The second-order valence-corrected chi connectivity index (χ2v) is 2.38. The van der Waals surface area contributed by atoms with Gasteiger partial charge in [-0.3, -0.25) is 0 Å². The lowest BCUT2D eigenvalue weighted by Crippen LogP contribution is -1.77. The number of hydrogen-bond acceptors (Lipinski definition) is 0. The zero-order valence-electron chi connectivity index (χ0n) is 5.19. The Kier molecular flexibility index (Phi) is 2.19. The normalized spacial score (nSPS) is 21.8. The maximum atomic E-state index is 5.60. The van der Waals surface area contributed by atoms with Crippen molar-refractivity contribution in [3.63, 3.8) is 0 Å². The molecule has 0 aliphatic heterocycles. The third-order valence-electron chi connectivity index (χ3n) is 1.58. The zero-order valence-corrected chi connectivity index (χ0v) is 5.19. The molecule has 1 aliphatic rings. The van der Waals surface area contributed by atoms with Crippen LogP contribution in [0.15, 0.2) is 11.5 Å². The first-order valence-corrected chi connectivity index (χ1v) is 3.34. The summed E-state index contributed by atoms with van der Waals surface area (Å²) in [6.45, 7) is 0. The standard InChI is InChI=1S/C7H11B/c8-7-5-3-1-2-4-6-7/h5H,1-4,6H2. The van der Waals surface area contributed by atoms with Crippen molar-refractivity contribution in [1.82, 2.24) is 0 Å². The van der Waals surface area contributed by atoms with E-state index in [4.69, 9.17) is 7.85 Å². The minimum atomic E-state index is 1.10. The average Bonchev–Trinajstić information content (AvgIpc) is 1.94. The van der Waals surface area contributed by atoms with Crippen LogP contribution in [0.5, 0.6) is 0 Å². The van der Waals surface area contributed by atoms with Crippen molar-refractivity contribution in [3.05, 3.63) is 11.5 Å². The van der Waals surface area contributed by atoms with Gasteiger partial charge in [0.1, 0.15) is 7.85 Å². The number of rotatable bonds is 0. The fourth-order valence-corrected chi connectivity index (χ4v) is 1.04. The molecule has 1 rings (SSSR count). The molecule has 1 aliphatic carbocycles. The summed E-state index contributed by atoms with van der Waals surface area (Å²) in [6.07, 6.45) is 8.47. The van der Waals surface area contributed by atoms with Crippen LogP contribution in [-0.2, 0) is 0 Å². The molecule has 0 aromatic rings. The minimum absolute atomic E-state index is 1.10. The SMILES string of the molecule is [B]C1=CCCCCC1. The van der Waals surface area contributed by atoms with Crippen LogP contribution in [0.1, 0.15) is 32.1 Å². The highest BCUT2D eigenvalue weighted by Crippen LogP contribution is 2.13. The first-order valence-electron chi connectivity index (χ1n) is 3.34. The monoisotopic (exact) mass is 106 g/mol. The first-order chi connectivity index (χ1) is 3.89. The molecule has 0 unspecified atom stereocenters. The second-order valence-electron chi connectivity index (χ2n) is 2.38. The highest BCUT2D eigenvalue weighted by atomic mass is 14.0. The molecule has 0 spiro atoms.